The van der Waals surface area contributed by atoms with Crippen molar-refractivity contribution < 1.29 is 19.4 Å². The lowest BCUT2D eigenvalue weighted by atomic mass is 9.74. The van der Waals surface area contributed by atoms with Crippen molar-refractivity contribution in [2.45, 2.75) is 51.0 Å². The first-order chi connectivity index (χ1) is 10.0. The second-order valence-corrected chi connectivity index (χ2v) is 6.32. The number of hydrogen-bond donors (Lipinski definition) is 2. The summed E-state index contributed by atoms with van der Waals surface area (Å²) in [7, 11) is 1.73. The molecule has 6 nitrogen and oxygen atoms in total. The molecule has 0 bridgehead atoms. The molecule has 6 heteroatoms. The number of hydrogen-bond acceptors (Lipinski definition) is 3. The number of amides is 2. The minimum Gasteiger partial charge on any atom is -0.481 e. The Morgan fingerprint density at radius 3 is 2.57 bits per heavy atom. The molecule has 0 spiro atoms. The summed E-state index contributed by atoms with van der Waals surface area (Å²) in [6.07, 6.45) is 6.38. The summed E-state index contributed by atoms with van der Waals surface area (Å²) in [4.78, 5) is 25.2. The van der Waals surface area contributed by atoms with E-state index in [2.05, 4.69) is 5.32 Å². The van der Waals surface area contributed by atoms with Gasteiger partial charge in [0.15, 0.2) is 0 Å². The molecule has 2 fully saturated rings. The van der Waals surface area contributed by atoms with Crippen LogP contribution in [-0.2, 0) is 9.53 Å². The van der Waals surface area contributed by atoms with E-state index < -0.39 is 11.4 Å². The molecule has 0 aromatic heterocycles. The third-order valence-electron chi connectivity index (χ3n) is 4.69. The summed E-state index contributed by atoms with van der Waals surface area (Å²) in [5.41, 5.74) is -0.779. The molecule has 2 amide bonds. The molecule has 1 aliphatic carbocycles. The quantitative estimate of drug-likeness (QED) is 0.812. The Hall–Kier alpha value is -1.30. The number of urea groups is 1. The molecule has 2 rings (SSSR count). The topological polar surface area (TPSA) is 78.9 Å². The van der Waals surface area contributed by atoms with E-state index in [-0.39, 0.29) is 18.7 Å². The SMILES string of the molecule is CN(CC1CCCO1)C(=O)NCC1(C(=O)O)CCCCC1. The van der Waals surface area contributed by atoms with Crippen LogP contribution in [-0.4, -0.2) is 54.9 Å². The zero-order valence-corrected chi connectivity index (χ0v) is 12.8. The Bertz CT molecular complexity index is 374. The van der Waals surface area contributed by atoms with Crippen LogP contribution >= 0.6 is 0 Å². The molecular weight excluding hydrogens is 272 g/mol. The average Bonchev–Trinajstić information content (AvgIpc) is 2.98. The standard InChI is InChI=1S/C15H26N2O4/c1-17(10-12-6-5-9-21-12)14(20)16-11-15(13(18)19)7-3-2-4-8-15/h12H,2-11H2,1H3,(H,16,20)(H,18,19). The first kappa shape index (κ1) is 16.1. The van der Waals surface area contributed by atoms with Gasteiger partial charge in [0.2, 0.25) is 0 Å². The van der Waals surface area contributed by atoms with Crippen molar-refractivity contribution >= 4 is 12.0 Å². The Morgan fingerprint density at radius 2 is 2.00 bits per heavy atom. The monoisotopic (exact) mass is 298 g/mol. The fraction of sp³-hybridized carbons (Fsp3) is 0.867. The van der Waals surface area contributed by atoms with Crippen LogP contribution in [0.5, 0.6) is 0 Å². The number of ether oxygens (including phenoxy) is 1. The molecule has 0 aromatic rings. The highest BCUT2D eigenvalue weighted by molar-refractivity contribution is 5.78. The van der Waals surface area contributed by atoms with Gasteiger partial charge in [-0.3, -0.25) is 4.79 Å². The van der Waals surface area contributed by atoms with Gasteiger partial charge in [-0.15, -0.1) is 0 Å². The highest BCUT2D eigenvalue weighted by atomic mass is 16.5. The highest BCUT2D eigenvalue weighted by Gasteiger charge is 2.40. The molecule has 1 saturated carbocycles. The summed E-state index contributed by atoms with van der Waals surface area (Å²) < 4.78 is 5.51. The number of carbonyl (C=O) groups excluding carboxylic acids is 1. The van der Waals surface area contributed by atoms with Gasteiger partial charge >= 0.3 is 12.0 Å². The number of carbonyl (C=O) groups is 2. The number of rotatable bonds is 5. The van der Waals surface area contributed by atoms with Crippen molar-refractivity contribution in [1.29, 1.82) is 0 Å². The van der Waals surface area contributed by atoms with Crippen LogP contribution in [0, 0.1) is 5.41 Å². The molecule has 1 atom stereocenters. The van der Waals surface area contributed by atoms with Gasteiger partial charge in [-0.1, -0.05) is 19.3 Å². The maximum atomic E-state index is 12.1. The Kier molecular flexibility index (Phi) is 5.45. The Balaban J connectivity index is 1.82. The third-order valence-corrected chi connectivity index (χ3v) is 4.69. The number of likely N-dealkylation sites (N-methyl/N-ethyl adjacent to an activating group) is 1. The molecule has 1 aliphatic heterocycles. The summed E-state index contributed by atoms with van der Waals surface area (Å²) in [6, 6.07) is -0.211. The minimum absolute atomic E-state index is 0.115. The number of nitrogens with one attached hydrogen (secondary N) is 1. The first-order valence-corrected chi connectivity index (χ1v) is 7.87. The maximum absolute atomic E-state index is 12.1. The van der Waals surface area contributed by atoms with E-state index in [0.717, 1.165) is 38.7 Å². The van der Waals surface area contributed by atoms with Crippen LogP contribution < -0.4 is 5.32 Å². The number of aliphatic carboxylic acids is 1. The van der Waals surface area contributed by atoms with Crippen LogP contribution in [0.25, 0.3) is 0 Å². The maximum Gasteiger partial charge on any atom is 0.317 e. The summed E-state index contributed by atoms with van der Waals surface area (Å²) in [5, 5.41) is 12.3. The van der Waals surface area contributed by atoms with Crippen LogP contribution in [0.15, 0.2) is 0 Å². The summed E-state index contributed by atoms with van der Waals surface area (Å²) in [6.45, 7) is 1.55. The fourth-order valence-corrected chi connectivity index (χ4v) is 3.25. The van der Waals surface area contributed by atoms with Gasteiger partial charge in [-0.05, 0) is 25.7 Å². The predicted octanol–water partition coefficient (Wildman–Crippen LogP) is 1.84. The lowest BCUT2D eigenvalue weighted by Crippen LogP contribution is -2.48. The van der Waals surface area contributed by atoms with E-state index in [9.17, 15) is 14.7 Å². The second kappa shape index (κ2) is 7.11. The van der Waals surface area contributed by atoms with E-state index in [1.54, 1.807) is 11.9 Å². The van der Waals surface area contributed by atoms with Crippen LogP contribution in [0.2, 0.25) is 0 Å². The van der Waals surface area contributed by atoms with Gasteiger partial charge in [0, 0.05) is 26.7 Å². The van der Waals surface area contributed by atoms with E-state index >= 15 is 0 Å². The lowest BCUT2D eigenvalue weighted by Gasteiger charge is -2.34. The zero-order chi connectivity index (χ0) is 15.3. The van der Waals surface area contributed by atoms with E-state index in [0.29, 0.717) is 19.4 Å². The van der Waals surface area contributed by atoms with E-state index in [1.165, 1.54) is 0 Å². The molecule has 120 valence electrons. The molecule has 0 radical (unpaired) electrons. The van der Waals surface area contributed by atoms with Gasteiger partial charge in [0.05, 0.1) is 11.5 Å². The Labute approximate surface area is 125 Å². The van der Waals surface area contributed by atoms with Gasteiger partial charge in [0.25, 0.3) is 0 Å². The van der Waals surface area contributed by atoms with Crippen molar-refractivity contribution in [2.24, 2.45) is 5.41 Å². The predicted molar refractivity (Wildman–Crippen MR) is 78.2 cm³/mol. The molecular formula is C15H26N2O4. The lowest BCUT2D eigenvalue weighted by molar-refractivity contribution is -0.150. The molecule has 1 heterocycles. The normalized spacial score (nSPS) is 24.5. The van der Waals surface area contributed by atoms with Crippen LogP contribution in [0.1, 0.15) is 44.9 Å². The van der Waals surface area contributed by atoms with Crippen molar-refractivity contribution in [3.63, 3.8) is 0 Å². The zero-order valence-electron chi connectivity index (χ0n) is 12.8. The van der Waals surface area contributed by atoms with Crippen molar-refractivity contribution in [3.05, 3.63) is 0 Å². The van der Waals surface area contributed by atoms with E-state index in [4.69, 9.17) is 4.74 Å². The second-order valence-electron chi connectivity index (χ2n) is 6.32. The van der Waals surface area contributed by atoms with E-state index in [1.807, 2.05) is 0 Å². The molecule has 0 aromatic carbocycles. The van der Waals surface area contributed by atoms with Gasteiger partial charge in [-0.25, -0.2) is 4.79 Å². The highest BCUT2D eigenvalue weighted by Crippen LogP contribution is 2.36. The molecule has 21 heavy (non-hydrogen) atoms. The fourth-order valence-electron chi connectivity index (χ4n) is 3.25. The minimum atomic E-state index is -0.788. The summed E-state index contributed by atoms with van der Waals surface area (Å²) >= 11 is 0. The summed E-state index contributed by atoms with van der Waals surface area (Å²) in [5.74, 6) is -0.788. The smallest absolute Gasteiger partial charge is 0.317 e. The molecule has 2 N–H and O–H groups in total. The molecule has 1 saturated heterocycles. The van der Waals surface area contributed by atoms with Gasteiger partial charge in [0.1, 0.15) is 0 Å². The van der Waals surface area contributed by atoms with Gasteiger partial charge < -0.3 is 20.1 Å². The van der Waals surface area contributed by atoms with Crippen LogP contribution in [0.4, 0.5) is 4.79 Å². The average molecular weight is 298 g/mol. The molecule has 2 aliphatic rings. The van der Waals surface area contributed by atoms with Crippen LogP contribution in [0.3, 0.4) is 0 Å². The number of carboxylic acids is 1. The van der Waals surface area contributed by atoms with Crippen molar-refractivity contribution in [3.8, 4) is 0 Å². The molecule has 1 unspecified atom stereocenters. The third kappa shape index (κ3) is 4.09. The van der Waals surface area contributed by atoms with Crippen molar-refractivity contribution in [1.82, 2.24) is 10.2 Å². The Morgan fingerprint density at radius 1 is 1.29 bits per heavy atom. The van der Waals surface area contributed by atoms with Gasteiger partial charge in [-0.2, -0.15) is 0 Å². The number of nitrogens with zero attached hydrogens (tertiary/aromatic N) is 1. The first-order valence-electron chi connectivity index (χ1n) is 7.87. The number of carboxylic acid groups (broad SMARTS) is 1. The van der Waals surface area contributed by atoms with Crippen molar-refractivity contribution in [2.75, 3.05) is 26.7 Å². The largest absolute Gasteiger partial charge is 0.481 e.